The summed E-state index contributed by atoms with van der Waals surface area (Å²) in [5.41, 5.74) is 15.5. The Balaban J connectivity index is 1.21. The first-order valence-corrected chi connectivity index (χ1v) is 12.1. The Labute approximate surface area is 211 Å². The van der Waals surface area contributed by atoms with Crippen LogP contribution < -0.4 is 22.1 Å². The van der Waals surface area contributed by atoms with Gasteiger partial charge in [-0.3, -0.25) is 18.8 Å². The van der Waals surface area contributed by atoms with Crippen molar-refractivity contribution < 1.29 is 9.21 Å². The Morgan fingerprint density at radius 1 is 1.08 bits per heavy atom. The number of imidazole rings is 1. The van der Waals surface area contributed by atoms with Crippen molar-refractivity contribution >= 4 is 34.2 Å². The van der Waals surface area contributed by atoms with E-state index < -0.39 is 5.91 Å². The molecule has 12 nitrogen and oxygen atoms in total. The Morgan fingerprint density at radius 3 is 2.51 bits per heavy atom. The van der Waals surface area contributed by atoms with E-state index >= 15 is 0 Å². The number of carbonyl (C=O) groups excluding carboxylic acids is 1. The number of benzene rings is 1. The largest absolute Gasteiger partial charge is 0.463 e. The van der Waals surface area contributed by atoms with Gasteiger partial charge in [-0.1, -0.05) is 0 Å². The zero-order valence-electron chi connectivity index (χ0n) is 20.4. The minimum Gasteiger partial charge on any atom is -0.463 e. The van der Waals surface area contributed by atoms with E-state index in [1.54, 1.807) is 45.2 Å². The van der Waals surface area contributed by atoms with Gasteiger partial charge in [0.15, 0.2) is 11.4 Å². The molecule has 1 fully saturated rings. The van der Waals surface area contributed by atoms with E-state index in [-0.39, 0.29) is 11.6 Å². The monoisotopic (exact) mass is 501 g/mol. The summed E-state index contributed by atoms with van der Waals surface area (Å²) in [6.45, 7) is 4.59. The third-order valence-electron chi connectivity index (χ3n) is 7.01. The van der Waals surface area contributed by atoms with Gasteiger partial charge in [-0.2, -0.15) is 14.6 Å². The Hall–Kier alpha value is -4.58. The number of rotatable bonds is 6. The number of hydrogen-bond acceptors (Lipinski definition) is 8. The molecule has 1 amide bonds. The molecule has 6 rings (SSSR count). The summed E-state index contributed by atoms with van der Waals surface area (Å²) in [5, 5.41) is 4.52. The average Bonchev–Trinajstić information content (AvgIpc) is 3.64. The maximum atomic E-state index is 13.2. The highest BCUT2D eigenvalue weighted by Crippen LogP contribution is 2.26. The van der Waals surface area contributed by atoms with Gasteiger partial charge in [0, 0.05) is 57.6 Å². The van der Waals surface area contributed by atoms with Crippen molar-refractivity contribution in [2.75, 3.05) is 43.4 Å². The number of anilines is 2. The van der Waals surface area contributed by atoms with Crippen LogP contribution in [0.1, 0.15) is 10.4 Å². The molecule has 5 aromatic rings. The molecule has 0 saturated carbocycles. The molecule has 1 aliphatic heterocycles. The summed E-state index contributed by atoms with van der Waals surface area (Å²) < 4.78 is 10.3. The first kappa shape index (κ1) is 22.9. The van der Waals surface area contributed by atoms with E-state index in [4.69, 9.17) is 15.9 Å². The van der Waals surface area contributed by atoms with Gasteiger partial charge in [0.05, 0.1) is 11.8 Å². The number of amides is 1. The summed E-state index contributed by atoms with van der Waals surface area (Å²) in [5.74, 6) is 0.391. The van der Waals surface area contributed by atoms with Crippen LogP contribution in [0, 0.1) is 0 Å². The second-order valence-electron chi connectivity index (χ2n) is 9.18. The maximum absolute atomic E-state index is 13.2. The summed E-state index contributed by atoms with van der Waals surface area (Å²) in [6.07, 6.45) is 1.59. The summed E-state index contributed by atoms with van der Waals surface area (Å²) in [6, 6.07) is 12.8. The average molecular weight is 502 g/mol. The number of aromatic nitrogens is 5. The van der Waals surface area contributed by atoms with Gasteiger partial charge in [-0.15, -0.1) is 0 Å². The van der Waals surface area contributed by atoms with Crippen LogP contribution in [0.15, 0.2) is 57.9 Å². The Bertz CT molecular complexity index is 1650. The molecule has 0 radical (unpaired) electrons. The number of carbonyl (C=O) groups is 1. The van der Waals surface area contributed by atoms with Crippen molar-refractivity contribution in [3.05, 3.63) is 64.8 Å². The maximum Gasteiger partial charge on any atom is 0.330 e. The van der Waals surface area contributed by atoms with E-state index in [0.717, 1.165) is 31.9 Å². The van der Waals surface area contributed by atoms with Crippen LogP contribution in [0.2, 0.25) is 0 Å². The third-order valence-corrected chi connectivity index (χ3v) is 7.01. The van der Waals surface area contributed by atoms with Gasteiger partial charge >= 0.3 is 5.69 Å². The van der Waals surface area contributed by atoms with E-state index in [0.29, 0.717) is 46.8 Å². The quantitative estimate of drug-likeness (QED) is 0.352. The molecule has 12 heteroatoms. The van der Waals surface area contributed by atoms with Crippen LogP contribution in [0.3, 0.4) is 0 Å². The fraction of sp³-hybridized carbons (Fsp3) is 0.280. The summed E-state index contributed by atoms with van der Waals surface area (Å²) in [7, 11) is 1.74. The summed E-state index contributed by atoms with van der Waals surface area (Å²) >= 11 is 0. The second-order valence-corrected chi connectivity index (χ2v) is 9.18. The zero-order chi connectivity index (χ0) is 25.7. The fourth-order valence-corrected chi connectivity index (χ4v) is 4.98. The molecule has 0 aliphatic carbocycles. The van der Waals surface area contributed by atoms with Gasteiger partial charge in [0.2, 0.25) is 11.9 Å². The van der Waals surface area contributed by atoms with Crippen molar-refractivity contribution in [3.63, 3.8) is 0 Å². The minimum atomic E-state index is -0.428. The molecule has 0 unspecified atom stereocenters. The molecule has 0 spiro atoms. The number of fused-ring (bicyclic) bond motifs is 3. The number of nitrogen functional groups attached to an aromatic ring is 1. The van der Waals surface area contributed by atoms with Gasteiger partial charge < -0.3 is 20.8 Å². The number of nitrogens with two attached hydrogens (primary N) is 2. The number of nitrogens with zero attached hydrogens (tertiary/aromatic N) is 7. The number of piperazine rings is 1. The van der Waals surface area contributed by atoms with Crippen LogP contribution in [0.25, 0.3) is 28.1 Å². The lowest BCUT2D eigenvalue weighted by molar-refractivity contribution is 0.100. The first-order valence-electron chi connectivity index (χ1n) is 12.1. The van der Waals surface area contributed by atoms with Crippen molar-refractivity contribution in [1.82, 2.24) is 28.6 Å². The normalized spacial score (nSPS) is 14.7. The topological polar surface area (TPSA) is 146 Å². The van der Waals surface area contributed by atoms with Crippen molar-refractivity contribution in [1.29, 1.82) is 0 Å². The van der Waals surface area contributed by atoms with Gasteiger partial charge in [0.1, 0.15) is 11.2 Å². The van der Waals surface area contributed by atoms with Crippen molar-refractivity contribution in [2.24, 2.45) is 12.8 Å². The molecule has 4 aromatic heterocycles. The molecule has 37 heavy (non-hydrogen) atoms. The van der Waals surface area contributed by atoms with E-state index in [1.807, 2.05) is 24.3 Å². The van der Waals surface area contributed by atoms with Gasteiger partial charge in [-0.25, -0.2) is 4.79 Å². The Kier molecular flexibility index (Phi) is 5.45. The van der Waals surface area contributed by atoms with Crippen molar-refractivity contribution in [3.8, 4) is 11.5 Å². The lowest BCUT2D eigenvalue weighted by atomic mass is 10.1. The van der Waals surface area contributed by atoms with E-state index in [1.165, 1.54) is 0 Å². The van der Waals surface area contributed by atoms with Crippen molar-refractivity contribution in [2.45, 2.75) is 6.54 Å². The molecular formula is C25H27N9O3. The lowest BCUT2D eigenvalue weighted by Crippen LogP contribution is -2.47. The molecular weight excluding hydrogens is 474 g/mol. The Morgan fingerprint density at radius 2 is 1.84 bits per heavy atom. The predicted octanol–water partition coefficient (Wildman–Crippen LogP) is 1.15. The number of hydrogen-bond donors (Lipinski definition) is 2. The number of furan rings is 1. The van der Waals surface area contributed by atoms with Gasteiger partial charge in [0.25, 0.3) is 0 Å². The molecule has 1 saturated heterocycles. The smallest absolute Gasteiger partial charge is 0.330 e. The van der Waals surface area contributed by atoms with Crippen LogP contribution in [0.5, 0.6) is 0 Å². The van der Waals surface area contributed by atoms with Gasteiger partial charge in [-0.05, 0) is 42.5 Å². The van der Waals surface area contributed by atoms with E-state index in [2.05, 4.69) is 19.9 Å². The second kappa shape index (κ2) is 8.82. The molecule has 0 atom stereocenters. The molecule has 5 heterocycles. The highest BCUT2D eigenvalue weighted by atomic mass is 16.3. The van der Waals surface area contributed by atoms with Crippen LogP contribution in [-0.2, 0) is 13.6 Å². The number of aryl methyl sites for hydroxylation is 1. The van der Waals surface area contributed by atoms with Crippen LogP contribution in [0.4, 0.5) is 11.6 Å². The molecule has 4 N–H and O–H groups in total. The lowest BCUT2D eigenvalue weighted by Gasteiger charge is -2.36. The highest BCUT2D eigenvalue weighted by Gasteiger charge is 2.22. The minimum absolute atomic E-state index is 0.149. The molecule has 1 aliphatic rings. The first-order chi connectivity index (χ1) is 17.9. The standard InChI is InChI=1S/C25H27N9O3/c1-30-21-19-15-18(20-3-2-14-37-20)29-34(19)24(27)28-23(21)33(25(30)36)13-10-31-8-11-32(12-9-31)17-6-4-16(5-7-17)22(26)35/h2-7,14-15H,8-13H2,1H3,(H2,26,35)(H2,27,28). The molecule has 0 bridgehead atoms. The third kappa shape index (κ3) is 3.91. The molecule has 1 aromatic carbocycles. The predicted molar refractivity (Wildman–Crippen MR) is 139 cm³/mol. The number of primary amides is 1. The highest BCUT2D eigenvalue weighted by molar-refractivity contribution is 5.93. The van der Waals surface area contributed by atoms with E-state index in [9.17, 15) is 9.59 Å². The molecule has 190 valence electrons. The summed E-state index contributed by atoms with van der Waals surface area (Å²) in [4.78, 5) is 33.7. The SMILES string of the molecule is Cn1c(=O)n(CCN2CCN(c3ccc(C(N)=O)cc3)CC2)c2nc(N)n3nc(-c4ccco4)cc3c21. The zero-order valence-corrected chi connectivity index (χ0v) is 20.4. The van der Waals surface area contributed by atoms with Crippen LogP contribution in [-0.4, -0.2) is 67.3 Å². The van der Waals surface area contributed by atoms with Crippen LogP contribution >= 0.6 is 0 Å². The fourth-order valence-electron chi connectivity index (χ4n) is 4.98.